The van der Waals surface area contributed by atoms with Crippen LogP contribution in [0.5, 0.6) is 0 Å². The Labute approximate surface area is 132 Å². The standard InChI is InChI=1S/C13H17FN2O6S/c1-22-5-2-6-23(20,21)15-8-12(17)16-11-7-9(13(18)19)3-4-10(11)14/h3-4,7,15H,2,5-6,8H2,1H3,(H,16,17)(H,18,19). The van der Waals surface area contributed by atoms with Crippen molar-refractivity contribution in [2.24, 2.45) is 0 Å². The third-order valence-electron chi connectivity index (χ3n) is 2.70. The van der Waals surface area contributed by atoms with Crippen LogP contribution < -0.4 is 10.0 Å². The molecular formula is C13H17FN2O6S. The van der Waals surface area contributed by atoms with Crippen LogP contribution in [0.4, 0.5) is 10.1 Å². The number of carboxylic acids is 1. The third-order valence-corrected chi connectivity index (χ3v) is 4.11. The van der Waals surface area contributed by atoms with E-state index in [2.05, 4.69) is 10.0 Å². The van der Waals surface area contributed by atoms with E-state index in [0.717, 1.165) is 18.2 Å². The molecule has 0 aliphatic heterocycles. The number of aromatic carboxylic acids is 1. The molecule has 0 aromatic heterocycles. The van der Waals surface area contributed by atoms with Crippen LogP contribution in [-0.2, 0) is 19.6 Å². The molecule has 10 heteroatoms. The molecule has 1 aromatic carbocycles. The third kappa shape index (κ3) is 6.72. The number of sulfonamides is 1. The Balaban J connectivity index is 2.60. The molecule has 8 nitrogen and oxygen atoms in total. The number of nitrogens with one attached hydrogen (secondary N) is 2. The molecule has 23 heavy (non-hydrogen) atoms. The van der Waals surface area contributed by atoms with Gasteiger partial charge in [-0.25, -0.2) is 22.3 Å². The number of methoxy groups -OCH3 is 1. The zero-order valence-corrected chi connectivity index (χ0v) is 13.2. The maximum absolute atomic E-state index is 13.5. The number of hydrogen-bond acceptors (Lipinski definition) is 5. The number of carbonyl (C=O) groups is 2. The summed E-state index contributed by atoms with van der Waals surface area (Å²) in [5, 5.41) is 10.9. The molecule has 0 saturated carbocycles. The van der Waals surface area contributed by atoms with Gasteiger partial charge >= 0.3 is 5.97 Å². The summed E-state index contributed by atoms with van der Waals surface area (Å²) in [5.74, 6) is -3.14. The van der Waals surface area contributed by atoms with E-state index in [1.165, 1.54) is 7.11 Å². The van der Waals surface area contributed by atoms with Crippen molar-refractivity contribution in [1.82, 2.24) is 4.72 Å². The van der Waals surface area contributed by atoms with Crippen molar-refractivity contribution >= 4 is 27.6 Å². The van der Waals surface area contributed by atoms with Gasteiger partial charge in [-0.15, -0.1) is 0 Å². The second kappa shape index (κ2) is 8.56. The Morgan fingerprint density at radius 2 is 2.04 bits per heavy atom. The first-order chi connectivity index (χ1) is 10.7. The maximum atomic E-state index is 13.5. The van der Waals surface area contributed by atoms with Gasteiger partial charge in [-0.3, -0.25) is 4.79 Å². The van der Waals surface area contributed by atoms with E-state index in [0.29, 0.717) is 0 Å². The molecule has 128 valence electrons. The summed E-state index contributed by atoms with van der Waals surface area (Å²) >= 11 is 0. The monoisotopic (exact) mass is 348 g/mol. The van der Waals surface area contributed by atoms with Gasteiger partial charge in [0.05, 0.1) is 23.5 Å². The molecule has 0 saturated heterocycles. The Morgan fingerprint density at radius 3 is 2.65 bits per heavy atom. The number of carboxylic acid groups (broad SMARTS) is 1. The van der Waals surface area contributed by atoms with Crippen molar-refractivity contribution in [3.8, 4) is 0 Å². The van der Waals surface area contributed by atoms with Gasteiger partial charge in [0.2, 0.25) is 15.9 Å². The molecule has 0 atom stereocenters. The minimum absolute atomic E-state index is 0.207. The minimum atomic E-state index is -3.65. The lowest BCUT2D eigenvalue weighted by Gasteiger charge is -2.09. The molecule has 1 amide bonds. The predicted molar refractivity (Wildman–Crippen MR) is 80.3 cm³/mol. The maximum Gasteiger partial charge on any atom is 0.335 e. The van der Waals surface area contributed by atoms with Crippen LogP contribution in [0.3, 0.4) is 0 Å². The number of carbonyl (C=O) groups excluding carboxylic acids is 1. The van der Waals surface area contributed by atoms with Crippen LogP contribution in [0.25, 0.3) is 0 Å². The summed E-state index contributed by atoms with van der Waals surface area (Å²) in [7, 11) is -2.21. The van der Waals surface area contributed by atoms with E-state index in [9.17, 15) is 22.4 Å². The number of benzene rings is 1. The zero-order chi connectivity index (χ0) is 17.5. The fraction of sp³-hybridized carbons (Fsp3) is 0.385. The highest BCUT2D eigenvalue weighted by atomic mass is 32.2. The van der Waals surface area contributed by atoms with Gasteiger partial charge in [-0.1, -0.05) is 0 Å². The van der Waals surface area contributed by atoms with Crippen LogP contribution in [0, 0.1) is 5.82 Å². The second-order valence-corrected chi connectivity index (χ2v) is 6.46. The second-order valence-electron chi connectivity index (χ2n) is 4.53. The molecule has 0 spiro atoms. The largest absolute Gasteiger partial charge is 0.478 e. The molecule has 0 radical (unpaired) electrons. The Hall–Kier alpha value is -2.04. The van der Waals surface area contributed by atoms with Crippen molar-refractivity contribution < 1.29 is 32.2 Å². The van der Waals surface area contributed by atoms with E-state index in [4.69, 9.17) is 9.84 Å². The molecule has 0 bridgehead atoms. The van der Waals surface area contributed by atoms with E-state index in [1.807, 2.05) is 0 Å². The van der Waals surface area contributed by atoms with Gasteiger partial charge in [0.15, 0.2) is 0 Å². The van der Waals surface area contributed by atoms with Crippen LogP contribution >= 0.6 is 0 Å². The van der Waals surface area contributed by atoms with Crippen LogP contribution in [0.2, 0.25) is 0 Å². The average molecular weight is 348 g/mol. The molecular weight excluding hydrogens is 331 g/mol. The lowest BCUT2D eigenvalue weighted by molar-refractivity contribution is -0.115. The number of ether oxygens (including phenoxy) is 1. The topological polar surface area (TPSA) is 122 Å². The van der Waals surface area contributed by atoms with Gasteiger partial charge in [0, 0.05) is 13.7 Å². The molecule has 0 aliphatic rings. The normalized spacial score (nSPS) is 11.2. The van der Waals surface area contributed by atoms with Crippen molar-refractivity contribution in [2.75, 3.05) is 31.3 Å². The fourth-order valence-corrected chi connectivity index (χ4v) is 2.58. The van der Waals surface area contributed by atoms with E-state index >= 15 is 0 Å². The van der Waals surface area contributed by atoms with Gasteiger partial charge in [-0.2, -0.15) is 0 Å². The first-order valence-electron chi connectivity index (χ1n) is 6.54. The molecule has 1 aromatic rings. The quantitative estimate of drug-likeness (QED) is 0.556. The van der Waals surface area contributed by atoms with Crippen LogP contribution in [-0.4, -0.2) is 51.4 Å². The summed E-state index contributed by atoms with van der Waals surface area (Å²) in [5.41, 5.74) is -0.546. The van der Waals surface area contributed by atoms with Crippen molar-refractivity contribution in [1.29, 1.82) is 0 Å². The summed E-state index contributed by atoms with van der Waals surface area (Å²) in [6, 6.07) is 2.89. The van der Waals surface area contributed by atoms with Crippen molar-refractivity contribution in [2.45, 2.75) is 6.42 Å². The molecule has 0 fully saturated rings. The number of hydrogen-bond donors (Lipinski definition) is 3. The lowest BCUT2D eigenvalue weighted by atomic mass is 10.2. The van der Waals surface area contributed by atoms with E-state index < -0.39 is 34.3 Å². The van der Waals surface area contributed by atoms with Gasteiger partial charge in [0.1, 0.15) is 5.82 Å². The van der Waals surface area contributed by atoms with Gasteiger partial charge < -0.3 is 15.2 Å². The molecule has 1 rings (SSSR count). The average Bonchev–Trinajstić information content (AvgIpc) is 2.47. The Morgan fingerprint density at radius 1 is 1.35 bits per heavy atom. The smallest absolute Gasteiger partial charge is 0.335 e. The van der Waals surface area contributed by atoms with Crippen molar-refractivity contribution in [3.05, 3.63) is 29.6 Å². The lowest BCUT2D eigenvalue weighted by Crippen LogP contribution is -2.34. The highest BCUT2D eigenvalue weighted by molar-refractivity contribution is 7.89. The zero-order valence-electron chi connectivity index (χ0n) is 12.3. The molecule has 0 unspecified atom stereocenters. The van der Waals surface area contributed by atoms with E-state index in [1.54, 1.807) is 0 Å². The molecule has 0 heterocycles. The Kier molecular flexibility index (Phi) is 7.07. The molecule has 3 N–H and O–H groups in total. The first-order valence-corrected chi connectivity index (χ1v) is 8.19. The summed E-state index contributed by atoms with van der Waals surface area (Å²) in [6.45, 7) is -0.327. The summed E-state index contributed by atoms with van der Waals surface area (Å²) < 4.78 is 43.4. The number of rotatable bonds is 9. The van der Waals surface area contributed by atoms with E-state index in [-0.39, 0.29) is 30.0 Å². The first kappa shape index (κ1) is 19.0. The van der Waals surface area contributed by atoms with Gasteiger partial charge in [-0.05, 0) is 24.6 Å². The number of anilines is 1. The SMILES string of the molecule is COCCCS(=O)(=O)NCC(=O)Nc1cc(C(=O)O)ccc1F. The highest BCUT2D eigenvalue weighted by Crippen LogP contribution is 2.16. The summed E-state index contributed by atoms with van der Waals surface area (Å²) in [6.07, 6.45) is 0.267. The van der Waals surface area contributed by atoms with Crippen LogP contribution in [0.15, 0.2) is 18.2 Å². The van der Waals surface area contributed by atoms with Crippen LogP contribution in [0.1, 0.15) is 16.8 Å². The van der Waals surface area contributed by atoms with Crippen molar-refractivity contribution in [3.63, 3.8) is 0 Å². The summed E-state index contributed by atoms with van der Waals surface area (Å²) in [4.78, 5) is 22.4. The molecule has 0 aliphatic carbocycles. The number of halogens is 1. The minimum Gasteiger partial charge on any atom is -0.478 e. The Bertz CT molecular complexity index is 677. The fourth-order valence-electron chi connectivity index (χ4n) is 1.59. The predicted octanol–water partition coefficient (Wildman–Crippen LogP) is 0.418. The highest BCUT2D eigenvalue weighted by Gasteiger charge is 2.14. The number of amides is 1. The van der Waals surface area contributed by atoms with Gasteiger partial charge in [0.25, 0.3) is 0 Å².